The highest BCUT2D eigenvalue weighted by molar-refractivity contribution is 7.59. The van der Waals surface area contributed by atoms with E-state index in [1.54, 1.807) is 78.9 Å². The Labute approximate surface area is 233 Å². The summed E-state index contributed by atoms with van der Waals surface area (Å²) in [5.74, 6) is -2.70. The van der Waals surface area contributed by atoms with E-state index in [0.717, 1.165) is 11.1 Å². The molecule has 0 aliphatic carbocycles. The summed E-state index contributed by atoms with van der Waals surface area (Å²) in [6.07, 6.45) is -1.31. The Balaban J connectivity index is 1.69. The van der Waals surface area contributed by atoms with Crippen molar-refractivity contribution in [1.82, 2.24) is 10.6 Å². The highest BCUT2D eigenvalue weighted by Gasteiger charge is 2.35. The Bertz CT molecular complexity index is 1330. The lowest BCUT2D eigenvalue weighted by Crippen LogP contribution is -2.44. The van der Waals surface area contributed by atoms with Crippen molar-refractivity contribution in [2.24, 2.45) is 0 Å². The first-order valence-corrected chi connectivity index (χ1v) is 14.5. The van der Waals surface area contributed by atoms with Gasteiger partial charge in [-0.3, -0.25) is 9.36 Å². The third-order valence-corrected chi connectivity index (χ3v) is 8.19. The smallest absolute Gasteiger partial charge is 0.408 e. The van der Waals surface area contributed by atoms with Crippen molar-refractivity contribution in [1.29, 1.82) is 0 Å². The molecule has 3 atom stereocenters. The number of carbonyl (C=O) groups is 3. The van der Waals surface area contributed by atoms with E-state index in [9.17, 15) is 23.8 Å². The molecule has 0 heterocycles. The molecule has 0 saturated carbocycles. The van der Waals surface area contributed by atoms with Gasteiger partial charge in [0.1, 0.15) is 18.4 Å². The van der Waals surface area contributed by atoms with E-state index in [-0.39, 0.29) is 25.0 Å². The number of benzene rings is 3. The molecule has 2 amide bonds. The van der Waals surface area contributed by atoms with E-state index in [0.29, 0.717) is 5.56 Å². The van der Waals surface area contributed by atoms with Crippen LogP contribution in [0.1, 0.15) is 16.7 Å². The van der Waals surface area contributed by atoms with Crippen LogP contribution >= 0.6 is 7.37 Å². The van der Waals surface area contributed by atoms with Crippen molar-refractivity contribution in [3.8, 4) is 0 Å². The SMILES string of the molecule is C=C(CP(=O)(O)C(Cc1ccccc1)NC(=O)OCc1ccccc1)C(=O)NC(Cc1ccccc1)C(=O)OC. The van der Waals surface area contributed by atoms with Crippen molar-refractivity contribution in [3.05, 3.63) is 120 Å². The van der Waals surface area contributed by atoms with Gasteiger partial charge in [-0.15, -0.1) is 0 Å². The van der Waals surface area contributed by atoms with Gasteiger partial charge in [0, 0.05) is 18.4 Å². The molecule has 40 heavy (non-hydrogen) atoms. The van der Waals surface area contributed by atoms with Crippen molar-refractivity contribution < 1.29 is 33.3 Å². The number of nitrogens with one attached hydrogen (secondary N) is 2. The number of esters is 1. The van der Waals surface area contributed by atoms with Crippen LogP contribution < -0.4 is 10.6 Å². The molecule has 3 N–H and O–H groups in total. The topological polar surface area (TPSA) is 131 Å². The quantitative estimate of drug-likeness (QED) is 0.161. The fourth-order valence-electron chi connectivity index (χ4n) is 3.93. The first-order valence-electron chi connectivity index (χ1n) is 12.6. The van der Waals surface area contributed by atoms with Gasteiger partial charge in [-0.25, -0.2) is 9.59 Å². The zero-order valence-electron chi connectivity index (χ0n) is 22.2. The standard InChI is InChI=1S/C30H33N2O7P/c1-22(28(33)31-26(29(34)38-2)18-23-12-6-3-7-13-23)21-40(36,37)27(19-24-14-8-4-9-15-24)32-30(35)39-20-25-16-10-5-11-17-25/h3-17,26-27H,1,18-21H2,2H3,(H,31,33)(H,32,35)(H,36,37). The van der Waals surface area contributed by atoms with Crippen LogP contribution in [0, 0.1) is 0 Å². The average Bonchev–Trinajstić information content (AvgIpc) is 2.96. The normalized spacial score (nSPS) is 13.7. The molecule has 0 saturated heterocycles. The zero-order valence-corrected chi connectivity index (χ0v) is 23.1. The van der Waals surface area contributed by atoms with E-state index in [2.05, 4.69) is 17.2 Å². The van der Waals surface area contributed by atoms with Gasteiger partial charge < -0.3 is 25.0 Å². The maximum atomic E-state index is 13.6. The second-order valence-electron chi connectivity index (χ2n) is 9.17. The molecule has 0 spiro atoms. The number of ether oxygens (including phenoxy) is 2. The number of alkyl carbamates (subject to hydrolysis) is 1. The minimum Gasteiger partial charge on any atom is -0.467 e. The second kappa shape index (κ2) is 14.8. The molecule has 0 aliphatic rings. The van der Waals surface area contributed by atoms with Gasteiger partial charge in [-0.1, -0.05) is 97.6 Å². The molecular formula is C30H33N2O7P. The van der Waals surface area contributed by atoms with E-state index in [1.165, 1.54) is 7.11 Å². The zero-order chi connectivity index (χ0) is 29.0. The number of hydrogen-bond acceptors (Lipinski definition) is 6. The predicted octanol–water partition coefficient (Wildman–Crippen LogP) is 4.21. The van der Waals surface area contributed by atoms with E-state index in [4.69, 9.17) is 9.47 Å². The summed E-state index contributed by atoms with van der Waals surface area (Å²) in [4.78, 5) is 48.9. The highest BCUT2D eigenvalue weighted by atomic mass is 31.2. The summed E-state index contributed by atoms with van der Waals surface area (Å²) in [6.45, 7) is 3.67. The molecule has 210 valence electrons. The lowest BCUT2D eigenvalue weighted by Gasteiger charge is -2.25. The van der Waals surface area contributed by atoms with Crippen LogP contribution in [0.25, 0.3) is 0 Å². The van der Waals surface area contributed by atoms with Gasteiger partial charge in [-0.2, -0.15) is 0 Å². The fourth-order valence-corrected chi connectivity index (χ4v) is 5.65. The Morgan fingerprint density at radius 2 is 1.32 bits per heavy atom. The van der Waals surface area contributed by atoms with Gasteiger partial charge in [0.2, 0.25) is 13.3 Å². The number of hydrogen-bond donors (Lipinski definition) is 3. The summed E-state index contributed by atoms with van der Waals surface area (Å²) >= 11 is 0. The van der Waals surface area contributed by atoms with Gasteiger partial charge in [-0.05, 0) is 16.7 Å². The Kier molecular flexibility index (Phi) is 11.2. The molecule has 9 nitrogen and oxygen atoms in total. The van der Waals surface area contributed by atoms with Crippen LogP contribution in [0.5, 0.6) is 0 Å². The summed E-state index contributed by atoms with van der Waals surface area (Å²) in [5, 5.41) is 5.05. The van der Waals surface area contributed by atoms with Crippen molar-refractivity contribution in [2.45, 2.75) is 31.3 Å². The molecule has 3 rings (SSSR count). The maximum Gasteiger partial charge on any atom is 0.408 e. The number of methoxy groups -OCH3 is 1. The molecule has 3 unspecified atom stereocenters. The minimum atomic E-state index is -4.26. The van der Waals surface area contributed by atoms with Crippen LogP contribution in [0.15, 0.2) is 103 Å². The van der Waals surface area contributed by atoms with E-state index < -0.39 is 43.3 Å². The highest BCUT2D eigenvalue weighted by Crippen LogP contribution is 2.47. The van der Waals surface area contributed by atoms with Gasteiger partial charge in [0.05, 0.1) is 13.3 Å². The molecule has 3 aromatic rings. The van der Waals surface area contributed by atoms with Crippen LogP contribution in [0.4, 0.5) is 4.79 Å². The van der Waals surface area contributed by atoms with E-state index in [1.807, 2.05) is 12.1 Å². The summed E-state index contributed by atoms with van der Waals surface area (Å²) in [6, 6.07) is 25.9. The van der Waals surface area contributed by atoms with Crippen LogP contribution in [0.2, 0.25) is 0 Å². The van der Waals surface area contributed by atoms with Crippen LogP contribution in [0.3, 0.4) is 0 Å². The van der Waals surface area contributed by atoms with Crippen LogP contribution in [-0.4, -0.2) is 48.0 Å². The Morgan fingerprint density at radius 1 is 0.825 bits per heavy atom. The fraction of sp³-hybridized carbons (Fsp3) is 0.233. The summed E-state index contributed by atoms with van der Waals surface area (Å²) in [7, 11) is -3.05. The van der Waals surface area contributed by atoms with Gasteiger partial charge >= 0.3 is 12.1 Å². The second-order valence-corrected chi connectivity index (χ2v) is 11.6. The number of rotatable bonds is 13. The van der Waals surface area contributed by atoms with Gasteiger partial charge in [0.25, 0.3) is 0 Å². The van der Waals surface area contributed by atoms with Crippen molar-refractivity contribution in [3.63, 3.8) is 0 Å². The number of carbonyl (C=O) groups excluding carboxylic acids is 3. The predicted molar refractivity (Wildman–Crippen MR) is 152 cm³/mol. The first-order chi connectivity index (χ1) is 19.2. The molecule has 10 heteroatoms. The molecule has 0 radical (unpaired) electrons. The monoisotopic (exact) mass is 564 g/mol. The molecule has 0 fully saturated rings. The lowest BCUT2D eigenvalue weighted by molar-refractivity contribution is -0.144. The Hall–Kier alpha value is -4.20. The summed E-state index contributed by atoms with van der Waals surface area (Å²) < 4.78 is 23.6. The molecular weight excluding hydrogens is 531 g/mol. The number of amides is 2. The largest absolute Gasteiger partial charge is 0.467 e. The van der Waals surface area contributed by atoms with Crippen molar-refractivity contribution in [2.75, 3.05) is 13.3 Å². The molecule has 0 aromatic heterocycles. The molecule has 0 aliphatic heterocycles. The average molecular weight is 565 g/mol. The third-order valence-electron chi connectivity index (χ3n) is 6.07. The molecule has 3 aromatic carbocycles. The van der Waals surface area contributed by atoms with Crippen molar-refractivity contribution >= 4 is 25.3 Å². The van der Waals surface area contributed by atoms with Crippen LogP contribution in [-0.2, 0) is 43.1 Å². The first kappa shape index (κ1) is 30.3. The van der Waals surface area contributed by atoms with Gasteiger partial charge in [0.15, 0.2) is 0 Å². The maximum absolute atomic E-state index is 13.6. The lowest BCUT2D eigenvalue weighted by atomic mass is 10.1. The third kappa shape index (κ3) is 9.52. The summed E-state index contributed by atoms with van der Waals surface area (Å²) in [5.41, 5.74) is 2.03. The van der Waals surface area contributed by atoms with E-state index >= 15 is 0 Å². The minimum absolute atomic E-state index is 0.0166. The Morgan fingerprint density at radius 3 is 1.85 bits per heavy atom. The molecule has 0 bridgehead atoms.